The molecule has 1 atom stereocenters. The quantitative estimate of drug-likeness (QED) is 0.397. The first-order valence-electron chi connectivity index (χ1n) is 11.1. The van der Waals surface area contributed by atoms with Crippen molar-refractivity contribution in [2.45, 2.75) is 19.2 Å². The zero-order valence-corrected chi connectivity index (χ0v) is 19.7. The number of nitrogens with zero attached hydrogens (tertiary/aromatic N) is 6. The molecule has 0 aliphatic carbocycles. The summed E-state index contributed by atoms with van der Waals surface area (Å²) in [5.41, 5.74) is -0.671. The number of aryl methyl sites for hydroxylation is 2. The lowest BCUT2D eigenvalue weighted by Crippen LogP contribution is -2.39. The summed E-state index contributed by atoms with van der Waals surface area (Å²) in [4.78, 5) is 24.1. The maximum atomic E-state index is 15.0. The van der Waals surface area contributed by atoms with Gasteiger partial charge in [0.25, 0.3) is 5.56 Å². The second-order valence-electron chi connectivity index (χ2n) is 8.69. The Bertz CT molecular complexity index is 1530. The van der Waals surface area contributed by atoms with Crippen LogP contribution in [0.4, 0.5) is 23.4 Å². The molecule has 1 aliphatic rings. The van der Waals surface area contributed by atoms with Gasteiger partial charge in [0.2, 0.25) is 0 Å². The number of morpholine rings is 1. The maximum absolute atomic E-state index is 15.0. The average molecular weight is 502 g/mol. The number of ether oxygens (including phenoxy) is 1. The molecule has 1 aromatic carbocycles. The first kappa shape index (κ1) is 23.9. The minimum Gasteiger partial charge on any atom is -0.370 e. The monoisotopic (exact) mass is 502 g/mol. The van der Waals surface area contributed by atoms with Gasteiger partial charge in [-0.1, -0.05) is 0 Å². The lowest BCUT2D eigenvalue weighted by atomic mass is 10.0. The molecule has 0 N–H and O–H groups in total. The largest absolute Gasteiger partial charge is 0.416 e. The van der Waals surface area contributed by atoms with E-state index >= 15 is 4.39 Å². The van der Waals surface area contributed by atoms with Crippen LogP contribution in [0.2, 0.25) is 0 Å². The van der Waals surface area contributed by atoms with Gasteiger partial charge >= 0.3 is 6.18 Å². The third-order valence-corrected chi connectivity index (χ3v) is 6.31. The Morgan fingerprint density at radius 2 is 1.92 bits per heavy atom. The fraction of sp³-hybridized carbons (Fsp3) is 0.333. The summed E-state index contributed by atoms with van der Waals surface area (Å²) in [5, 5.41) is 4.36. The number of anilines is 1. The molecule has 4 aromatic rings. The number of alkyl halides is 3. The van der Waals surface area contributed by atoms with E-state index in [1.54, 1.807) is 38.0 Å². The summed E-state index contributed by atoms with van der Waals surface area (Å²) in [5.74, 6) is -0.374. The van der Waals surface area contributed by atoms with Crippen molar-refractivity contribution >= 4 is 16.7 Å². The minimum atomic E-state index is -4.70. The summed E-state index contributed by atoms with van der Waals surface area (Å²) in [6.07, 6.45) is -1.47. The molecule has 5 rings (SSSR count). The predicted molar refractivity (Wildman–Crippen MR) is 124 cm³/mol. The normalized spacial score (nSPS) is 16.6. The van der Waals surface area contributed by atoms with E-state index < -0.39 is 17.6 Å². The molecule has 12 heteroatoms. The highest BCUT2D eigenvalue weighted by atomic mass is 19.4. The standard InChI is InChI=1S/C24H22F4N6O2/c1-13-30-22-17(23(35)33(13)3)9-20(34-6-7-36-19(12-34)14-10-29-32(2)11-14)31-21(22)16-5-4-15(8-18(16)25)24(26,27)28/h4-5,8-11,19H,6-7,12H2,1-3H3. The van der Waals surface area contributed by atoms with E-state index in [1.807, 2.05) is 11.1 Å². The van der Waals surface area contributed by atoms with Gasteiger partial charge in [-0.05, 0) is 31.2 Å². The van der Waals surface area contributed by atoms with Crippen LogP contribution < -0.4 is 10.5 Å². The van der Waals surface area contributed by atoms with E-state index in [4.69, 9.17) is 4.74 Å². The van der Waals surface area contributed by atoms with Gasteiger partial charge in [0.15, 0.2) is 0 Å². The van der Waals surface area contributed by atoms with Gasteiger partial charge in [0, 0.05) is 44.5 Å². The smallest absolute Gasteiger partial charge is 0.370 e. The molecule has 4 heterocycles. The number of benzene rings is 1. The Kier molecular flexibility index (Phi) is 5.78. The highest BCUT2D eigenvalue weighted by Gasteiger charge is 2.32. The van der Waals surface area contributed by atoms with Crippen molar-refractivity contribution in [1.29, 1.82) is 0 Å². The van der Waals surface area contributed by atoms with Crippen molar-refractivity contribution in [3.8, 4) is 11.3 Å². The van der Waals surface area contributed by atoms with Crippen molar-refractivity contribution < 1.29 is 22.3 Å². The number of halogens is 4. The first-order chi connectivity index (χ1) is 17.0. The van der Waals surface area contributed by atoms with Crippen molar-refractivity contribution in [2.75, 3.05) is 24.6 Å². The molecule has 8 nitrogen and oxygen atoms in total. The lowest BCUT2D eigenvalue weighted by Gasteiger charge is -2.33. The second kappa shape index (κ2) is 8.70. The Labute approximate surface area is 202 Å². The third-order valence-electron chi connectivity index (χ3n) is 6.31. The number of hydrogen-bond acceptors (Lipinski definition) is 6. The fourth-order valence-corrected chi connectivity index (χ4v) is 4.26. The maximum Gasteiger partial charge on any atom is 0.416 e. The van der Waals surface area contributed by atoms with Crippen LogP contribution in [0.3, 0.4) is 0 Å². The van der Waals surface area contributed by atoms with Gasteiger partial charge < -0.3 is 9.64 Å². The van der Waals surface area contributed by atoms with Gasteiger partial charge in [0.1, 0.15) is 34.8 Å². The van der Waals surface area contributed by atoms with Crippen LogP contribution in [0.25, 0.3) is 22.2 Å². The summed E-state index contributed by atoms with van der Waals surface area (Å²) in [6.45, 7) is 2.82. The van der Waals surface area contributed by atoms with Crippen molar-refractivity contribution in [3.05, 3.63) is 69.8 Å². The molecule has 1 unspecified atom stereocenters. The molecular formula is C24H22F4N6O2. The Morgan fingerprint density at radius 1 is 1.14 bits per heavy atom. The van der Waals surface area contributed by atoms with Crippen LogP contribution in [-0.2, 0) is 25.0 Å². The van der Waals surface area contributed by atoms with E-state index in [2.05, 4.69) is 15.1 Å². The lowest BCUT2D eigenvalue weighted by molar-refractivity contribution is -0.137. The molecule has 1 saturated heterocycles. The molecule has 36 heavy (non-hydrogen) atoms. The molecule has 0 bridgehead atoms. The number of rotatable bonds is 3. The molecule has 0 amide bonds. The topological polar surface area (TPSA) is 78.1 Å². The Morgan fingerprint density at radius 3 is 2.58 bits per heavy atom. The zero-order chi connectivity index (χ0) is 25.8. The number of hydrogen-bond donors (Lipinski definition) is 0. The third kappa shape index (κ3) is 4.21. The van der Waals surface area contributed by atoms with Gasteiger partial charge in [-0.2, -0.15) is 18.3 Å². The van der Waals surface area contributed by atoms with E-state index in [0.29, 0.717) is 37.4 Å². The Balaban J connectivity index is 1.67. The highest BCUT2D eigenvalue weighted by Crippen LogP contribution is 2.35. The van der Waals surface area contributed by atoms with Crippen LogP contribution in [0.1, 0.15) is 23.1 Å². The Hall–Kier alpha value is -3.80. The summed E-state index contributed by atoms with van der Waals surface area (Å²) < 4.78 is 63.3. The minimum absolute atomic E-state index is 0.000978. The predicted octanol–water partition coefficient (Wildman–Crippen LogP) is 3.77. The molecule has 1 aliphatic heterocycles. The van der Waals surface area contributed by atoms with Crippen LogP contribution in [-0.4, -0.2) is 44.0 Å². The van der Waals surface area contributed by atoms with Crippen molar-refractivity contribution in [2.24, 2.45) is 14.1 Å². The summed E-state index contributed by atoms with van der Waals surface area (Å²) in [6, 6.07) is 3.83. The average Bonchev–Trinajstić information content (AvgIpc) is 3.28. The van der Waals surface area contributed by atoms with E-state index in [-0.39, 0.29) is 33.8 Å². The van der Waals surface area contributed by atoms with Gasteiger partial charge in [-0.3, -0.25) is 14.0 Å². The number of aromatic nitrogens is 5. The number of fused-ring (bicyclic) bond motifs is 1. The molecule has 0 spiro atoms. The van der Waals surface area contributed by atoms with E-state index in [9.17, 15) is 18.0 Å². The molecule has 0 saturated carbocycles. The molecule has 0 radical (unpaired) electrons. The van der Waals surface area contributed by atoms with Crippen molar-refractivity contribution in [1.82, 2.24) is 24.3 Å². The van der Waals surface area contributed by atoms with Crippen LogP contribution in [0.5, 0.6) is 0 Å². The zero-order valence-electron chi connectivity index (χ0n) is 19.7. The molecular weight excluding hydrogens is 480 g/mol. The van der Waals surface area contributed by atoms with Crippen LogP contribution in [0, 0.1) is 12.7 Å². The molecule has 188 valence electrons. The van der Waals surface area contributed by atoms with Crippen LogP contribution in [0.15, 0.2) is 41.5 Å². The summed E-state index contributed by atoms with van der Waals surface area (Å²) in [7, 11) is 3.36. The van der Waals surface area contributed by atoms with E-state index in [0.717, 1.165) is 17.7 Å². The highest BCUT2D eigenvalue weighted by molar-refractivity contribution is 5.93. The first-order valence-corrected chi connectivity index (χ1v) is 11.1. The van der Waals surface area contributed by atoms with Gasteiger partial charge in [0.05, 0.1) is 23.8 Å². The van der Waals surface area contributed by atoms with Gasteiger partial charge in [-0.25, -0.2) is 14.4 Å². The van der Waals surface area contributed by atoms with Crippen molar-refractivity contribution in [3.63, 3.8) is 0 Å². The van der Waals surface area contributed by atoms with Gasteiger partial charge in [-0.15, -0.1) is 0 Å². The second-order valence-corrected chi connectivity index (χ2v) is 8.69. The number of pyridine rings is 1. The molecule has 1 fully saturated rings. The SMILES string of the molecule is Cc1nc2c(-c3ccc(C(F)(F)F)cc3F)nc(N3CCOC(c4cnn(C)c4)C3)cc2c(=O)n1C. The summed E-state index contributed by atoms with van der Waals surface area (Å²) >= 11 is 0. The molecule has 3 aromatic heterocycles. The van der Waals surface area contributed by atoms with E-state index in [1.165, 1.54) is 4.57 Å². The fourth-order valence-electron chi connectivity index (χ4n) is 4.26. The van der Waals surface area contributed by atoms with Crippen LogP contribution >= 0.6 is 0 Å².